The first-order valence-electron chi connectivity index (χ1n) is 8.61. The Balaban J connectivity index is 1.86. The van der Waals surface area contributed by atoms with Gasteiger partial charge in [-0.15, -0.1) is 23.4 Å². The number of esters is 1. The van der Waals surface area contributed by atoms with Crippen molar-refractivity contribution in [2.24, 2.45) is 0 Å². The summed E-state index contributed by atoms with van der Waals surface area (Å²) < 4.78 is 22.4. The first kappa shape index (κ1) is 19.8. The Labute approximate surface area is 166 Å². The second-order valence-corrected chi connectivity index (χ2v) is 7.93. The molecule has 3 rings (SSSR count). The van der Waals surface area contributed by atoms with E-state index in [-0.39, 0.29) is 17.0 Å². The number of carbonyl (C=O) groups excluding carboxylic acids is 1. The van der Waals surface area contributed by atoms with Gasteiger partial charge in [0.1, 0.15) is 12.4 Å². The van der Waals surface area contributed by atoms with Crippen LogP contribution >= 0.6 is 24.0 Å². The zero-order valence-corrected chi connectivity index (χ0v) is 16.7. The van der Waals surface area contributed by atoms with Gasteiger partial charge in [-0.25, -0.2) is 4.39 Å². The molecule has 1 aliphatic heterocycles. The number of ether oxygens (including phenoxy) is 1. The zero-order chi connectivity index (χ0) is 19.4. The van der Waals surface area contributed by atoms with E-state index in [2.05, 4.69) is 11.7 Å². The molecule has 2 aromatic rings. The number of quaternary nitrogens is 1. The van der Waals surface area contributed by atoms with E-state index in [4.69, 9.17) is 17.0 Å². The molecule has 2 atom stereocenters. The summed E-state index contributed by atoms with van der Waals surface area (Å²) in [6.45, 7) is 6.45. The van der Waals surface area contributed by atoms with Gasteiger partial charge in [0.25, 0.3) is 0 Å². The Morgan fingerprint density at radius 2 is 2.26 bits per heavy atom. The molecular formula is C18H22FN4O2S2+. The van der Waals surface area contributed by atoms with Crippen molar-refractivity contribution in [2.45, 2.75) is 18.5 Å². The van der Waals surface area contributed by atoms with E-state index in [1.165, 1.54) is 24.1 Å². The topological polar surface area (TPSA) is 53.5 Å². The SMILES string of the molecule is C=CCn1c(-c2ccc(F)cc2)nn(C[NH+]2CCS[C@H](C(=O)OC)C2)c1=S. The molecule has 144 valence electrons. The number of rotatable bonds is 6. The fraction of sp³-hybridized carbons (Fsp3) is 0.389. The molecular weight excluding hydrogens is 387 g/mol. The molecule has 0 aliphatic carbocycles. The largest absolute Gasteiger partial charge is 0.468 e. The third-order valence-corrected chi connectivity index (χ3v) is 6.06. The average molecular weight is 410 g/mol. The van der Waals surface area contributed by atoms with Crippen LogP contribution < -0.4 is 4.90 Å². The summed E-state index contributed by atoms with van der Waals surface area (Å²) in [5.41, 5.74) is 0.791. The highest BCUT2D eigenvalue weighted by atomic mass is 32.2. The van der Waals surface area contributed by atoms with Crippen LogP contribution in [0.4, 0.5) is 4.39 Å². The molecule has 0 spiro atoms. The van der Waals surface area contributed by atoms with Crippen LogP contribution in [0.25, 0.3) is 11.4 Å². The predicted octanol–water partition coefficient (Wildman–Crippen LogP) is 1.54. The Kier molecular flexibility index (Phi) is 6.46. The van der Waals surface area contributed by atoms with Crippen molar-refractivity contribution in [1.29, 1.82) is 0 Å². The normalized spacial score (nSPS) is 19.6. The molecule has 27 heavy (non-hydrogen) atoms. The molecule has 6 nitrogen and oxygen atoms in total. The minimum Gasteiger partial charge on any atom is -0.468 e. The van der Waals surface area contributed by atoms with E-state index < -0.39 is 0 Å². The van der Waals surface area contributed by atoms with Gasteiger partial charge in [-0.3, -0.25) is 9.36 Å². The van der Waals surface area contributed by atoms with E-state index in [0.717, 1.165) is 17.9 Å². The smallest absolute Gasteiger partial charge is 0.324 e. The van der Waals surface area contributed by atoms with E-state index in [1.807, 2.05) is 4.57 Å². The van der Waals surface area contributed by atoms with Gasteiger partial charge in [-0.05, 0) is 36.5 Å². The van der Waals surface area contributed by atoms with Gasteiger partial charge >= 0.3 is 5.97 Å². The number of nitrogens with one attached hydrogen (secondary N) is 1. The number of hydrogen-bond donors (Lipinski definition) is 1. The second kappa shape index (κ2) is 8.81. The standard InChI is InChI=1S/C18H21FN4O2S2/c1-3-8-22-16(13-4-6-14(19)7-5-13)20-23(18(22)26)12-21-9-10-27-15(11-21)17(24)25-2/h3-7,15H,1,8-12H2,2H3/p+1/t15-/m0/s1. The number of aromatic nitrogens is 3. The van der Waals surface area contributed by atoms with E-state index >= 15 is 0 Å². The van der Waals surface area contributed by atoms with E-state index in [0.29, 0.717) is 30.4 Å². The minimum atomic E-state index is -0.295. The minimum absolute atomic E-state index is 0.167. The van der Waals surface area contributed by atoms with Crippen LogP contribution in [0.1, 0.15) is 0 Å². The Morgan fingerprint density at radius 3 is 2.93 bits per heavy atom. The fourth-order valence-electron chi connectivity index (χ4n) is 3.06. The number of nitrogens with zero attached hydrogens (tertiary/aromatic N) is 3. The first-order valence-corrected chi connectivity index (χ1v) is 10.1. The fourth-order valence-corrected chi connectivity index (χ4v) is 4.60. The van der Waals surface area contributed by atoms with Crippen LogP contribution in [-0.4, -0.2) is 51.5 Å². The van der Waals surface area contributed by atoms with Crippen molar-refractivity contribution in [3.63, 3.8) is 0 Å². The molecule has 0 saturated carbocycles. The van der Waals surface area contributed by atoms with Gasteiger partial charge in [-0.1, -0.05) is 6.08 Å². The summed E-state index contributed by atoms with van der Waals surface area (Å²) in [6.07, 6.45) is 1.76. The number of carbonyl (C=O) groups is 1. The van der Waals surface area contributed by atoms with Crippen LogP contribution in [0, 0.1) is 10.6 Å². The lowest BCUT2D eigenvalue weighted by atomic mass is 10.2. The van der Waals surface area contributed by atoms with Crippen molar-refractivity contribution in [3.8, 4) is 11.4 Å². The molecule has 1 unspecified atom stereocenters. The van der Waals surface area contributed by atoms with Crippen LogP contribution in [0.3, 0.4) is 0 Å². The Hall–Kier alpha value is -1.97. The van der Waals surface area contributed by atoms with Gasteiger partial charge < -0.3 is 9.64 Å². The molecule has 0 amide bonds. The molecule has 9 heteroatoms. The summed E-state index contributed by atoms with van der Waals surface area (Å²) in [7, 11) is 1.42. The second-order valence-electron chi connectivity index (χ2n) is 6.26. The number of methoxy groups -OCH3 is 1. The lowest BCUT2D eigenvalue weighted by Crippen LogP contribution is -3.14. The molecule has 1 aliphatic rings. The number of benzene rings is 1. The van der Waals surface area contributed by atoms with Gasteiger partial charge in [0.05, 0.1) is 13.7 Å². The first-order chi connectivity index (χ1) is 13.0. The van der Waals surface area contributed by atoms with Crippen molar-refractivity contribution in [1.82, 2.24) is 14.3 Å². The van der Waals surface area contributed by atoms with Crippen molar-refractivity contribution in [2.75, 3.05) is 26.0 Å². The van der Waals surface area contributed by atoms with Crippen LogP contribution in [0.5, 0.6) is 0 Å². The number of halogens is 1. The van der Waals surface area contributed by atoms with Crippen LogP contribution in [-0.2, 0) is 22.7 Å². The molecule has 1 saturated heterocycles. The number of hydrogen-bond acceptors (Lipinski definition) is 5. The highest BCUT2D eigenvalue weighted by molar-refractivity contribution is 8.00. The molecule has 0 bridgehead atoms. The third-order valence-electron chi connectivity index (χ3n) is 4.42. The monoisotopic (exact) mass is 409 g/mol. The van der Waals surface area contributed by atoms with Crippen molar-refractivity contribution < 1.29 is 18.8 Å². The van der Waals surface area contributed by atoms with Gasteiger partial charge in [0.2, 0.25) is 4.77 Å². The van der Waals surface area contributed by atoms with Gasteiger partial charge in [-0.2, -0.15) is 4.68 Å². The Morgan fingerprint density at radius 1 is 1.52 bits per heavy atom. The lowest BCUT2D eigenvalue weighted by molar-refractivity contribution is -0.921. The highest BCUT2D eigenvalue weighted by Crippen LogP contribution is 2.19. The molecule has 1 aromatic carbocycles. The summed E-state index contributed by atoms with van der Waals surface area (Å²) in [6, 6.07) is 6.19. The molecule has 2 heterocycles. The van der Waals surface area contributed by atoms with E-state index in [1.54, 1.807) is 34.7 Å². The summed E-state index contributed by atoms with van der Waals surface area (Å²) >= 11 is 7.23. The number of thioether (sulfide) groups is 1. The third kappa shape index (κ3) is 4.48. The zero-order valence-electron chi connectivity index (χ0n) is 15.1. The summed E-state index contributed by atoms with van der Waals surface area (Å²) in [5.74, 6) is 1.07. The molecule has 0 radical (unpaired) electrons. The summed E-state index contributed by atoms with van der Waals surface area (Å²) in [4.78, 5) is 13.1. The lowest BCUT2D eigenvalue weighted by Gasteiger charge is -2.27. The van der Waals surface area contributed by atoms with Gasteiger partial charge in [0, 0.05) is 17.9 Å². The maximum atomic E-state index is 13.3. The molecule has 1 aromatic heterocycles. The van der Waals surface area contributed by atoms with Crippen LogP contribution in [0.2, 0.25) is 0 Å². The summed E-state index contributed by atoms with van der Waals surface area (Å²) in [5, 5.41) is 4.51. The predicted molar refractivity (Wildman–Crippen MR) is 106 cm³/mol. The maximum absolute atomic E-state index is 13.3. The average Bonchev–Trinajstić information content (AvgIpc) is 2.98. The highest BCUT2D eigenvalue weighted by Gasteiger charge is 2.30. The van der Waals surface area contributed by atoms with Crippen molar-refractivity contribution in [3.05, 3.63) is 47.5 Å². The quantitative estimate of drug-likeness (QED) is 0.446. The van der Waals surface area contributed by atoms with Crippen molar-refractivity contribution >= 4 is 29.9 Å². The number of allylic oxidation sites excluding steroid dienone is 1. The van der Waals surface area contributed by atoms with E-state index in [9.17, 15) is 9.18 Å². The molecule has 1 N–H and O–H groups in total. The maximum Gasteiger partial charge on any atom is 0.324 e. The Bertz CT molecular complexity index is 878. The van der Waals surface area contributed by atoms with Gasteiger partial charge in [0.15, 0.2) is 17.7 Å². The molecule has 1 fully saturated rings. The van der Waals surface area contributed by atoms with Crippen LogP contribution in [0.15, 0.2) is 36.9 Å².